The standard InChI is InChI=1S/C32H38ClN3O4S/c1-4-30(32(38)34-27-11-7-8-12-27)35(21-25-10-6-5-9-24(25)3)31(37)22-36(28-17-13-23(2)14-18-28)41(39,40)29-19-15-26(33)16-20-29/h5-6,9-10,13-20,27,30H,4,7-8,11-12,21-22H2,1-3H3,(H,34,38). The summed E-state index contributed by atoms with van der Waals surface area (Å²) in [6.07, 6.45) is 4.39. The predicted octanol–water partition coefficient (Wildman–Crippen LogP) is 6.02. The van der Waals surface area contributed by atoms with Crippen molar-refractivity contribution < 1.29 is 18.0 Å². The quantitative estimate of drug-likeness (QED) is 0.294. The highest BCUT2D eigenvalue weighted by Gasteiger charge is 2.34. The summed E-state index contributed by atoms with van der Waals surface area (Å²) in [7, 11) is -4.14. The van der Waals surface area contributed by atoms with Gasteiger partial charge in [0, 0.05) is 17.6 Å². The first-order valence-electron chi connectivity index (χ1n) is 14.1. The molecular weight excluding hydrogens is 558 g/mol. The summed E-state index contributed by atoms with van der Waals surface area (Å²) in [4.78, 5) is 29.3. The summed E-state index contributed by atoms with van der Waals surface area (Å²) in [5.41, 5.74) is 3.20. The van der Waals surface area contributed by atoms with Crippen LogP contribution in [0.15, 0.2) is 77.7 Å². The number of aryl methyl sites for hydroxylation is 2. The summed E-state index contributed by atoms with van der Waals surface area (Å²) in [5.74, 6) is -0.663. The summed E-state index contributed by atoms with van der Waals surface area (Å²) >= 11 is 6.03. The monoisotopic (exact) mass is 595 g/mol. The van der Waals surface area contributed by atoms with Crippen molar-refractivity contribution in [2.45, 2.75) is 76.4 Å². The van der Waals surface area contributed by atoms with Crippen LogP contribution in [0.3, 0.4) is 0 Å². The largest absolute Gasteiger partial charge is 0.352 e. The molecule has 1 aliphatic carbocycles. The number of nitrogens with zero attached hydrogens (tertiary/aromatic N) is 2. The van der Waals surface area contributed by atoms with Crippen molar-refractivity contribution in [1.29, 1.82) is 0 Å². The molecule has 4 rings (SSSR count). The van der Waals surface area contributed by atoms with Crippen molar-refractivity contribution in [3.63, 3.8) is 0 Å². The van der Waals surface area contributed by atoms with Gasteiger partial charge in [0.15, 0.2) is 0 Å². The highest BCUT2D eigenvalue weighted by molar-refractivity contribution is 7.92. The molecule has 1 aliphatic rings. The third-order valence-corrected chi connectivity index (χ3v) is 9.73. The van der Waals surface area contributed by atoms with E-state index in [0.29, 0.717) is 17.1 Å². The van der Waals surface area contributed by atoms with Gasteiger partial charge in [-0.2, -0.15) is 0 Å². The van der Waals surface area contributed by atoms with Crippen molar-refractivity contribution in [3.8, 4) is 0 Å². The van der Waals surface area contributed by atoms with Gasteiger partial charge >= 0.3 is 0 Å². The fourth-order valence-corrected chi connectivity index (χ4v) is 6.77. The lowest BCUT2D eigenvalue weighted by Crippen LogP contribution is -2.53. The van der Waals surface area contributed by atoms with Gasteiger partial charge in [0.25, 0.3) is 10.0 Å². The lowest BCUT2D eigenvalue weighted by atomic mass is 10.1. The number of carbonyl (C=O) groups excluding carboxylic acids is 2. The van der Waals surface area contributed by atoms with Crippen LogP contribution >= 0.6 is 11.6 Å². The average Bonchev–Trinajstić information content (AvgIpc) is 3.46. The number of carbonyl (C=O) groups is 2. The molecule has 0 radical (unpaired) electrons. The second kappa shape index (κ2) is 13.5. The highest BCUT2D eigenvalue weighted by atomic mass is 35.5. The molecule has 0 bridgehead atoms. The van der Waals surface area contributed by atoms with Gasteiger partial charge < -0.3 is 10.2 Å². The van der Waals surface area contributed by atoms with Crippen molar-refractivity contribution in [2.75, 3.05) is 10.8 Å². The Kier molecular flexibility index (Phi) is 10.1. The minimum atomic E-state index is -4.14. The molecule has 1 unspecified atom stereocenters. The van der Waals surface area contributed by atoms with Gasteiger partial charge in [-0.25, -0.2) is 8.42 Å². The number of amides is 2. The number of benzene rings is 3. The van der Waals surface area contributed by atoms with Crippen LogP contribution in [0.2, 0.25) is 5.02 Å². The Hall–Kier alpha value is -3.36. The van der Waals surface area contributed by atoms with E-state index in [2.05, 4.69) is 5.32 Å². The van der Waals surface area contributed by atoms with Crippen molar-refractivity contribution in [3.05, 3.63) is 94.5 Å². The van der Waals surface area contributed by atoms with E-state index >= 15 is 0 Å². The van der Waals surface area contributed by atoms with E-state index in [0.717, 1.165) is 46.7 Å². The van der Waals surface area contributed by atoms with Crippen LogP contribution in [-0.2, 0) is 26.2 Å². The molecule has 3 aromatic carbocycles. The maximum atomic E-state index is 14.2. The maximum absolute atomic E-state index is 14.2. The normalized spacial score (nSPS) is 14.4. The van der Waals surface area contributed by atoms with Crippen molar-refractivity contribution in [1.82, 2.24) is 10.2 Å². The lowest BCUT2D eigenvalue weighted by molar-refractivity contribution is -0.140. The zero-order valence-electron chi connectivity index (χ0n) is 23.8. The molecule has 1 atom stereocenters. The molecule has 41 heavy (non-hydrogen) atoms. The molecule has 0 aromatic heterocycles. The minimum Gasteiger partial charge on any atom is -0.352 e. The topological polar surface area (TPSA) is 86.8 Å². The Balaban J connectivity index is 1.72. The van der Waals surface area contributed by atoms with Crippen LogP contribution < -0.4 is 9.62 Å². The number of anilines is 1. The summed E-state index contributed by atoms with van der Waals surface area (Å²) in [5, 5.41) is 3.55. The molecule has 9 heteroatoms. The van der Waals surface area contributed by atoms with Crippen LogP contribution in [0, 0.1) is 13.8 Å². The summed E-state index contributed by atoms with van der Waals surface area (Å²) < 4.78 is 29.0. The van der Waals surface area contributed by atoms with E-state index in [-0.39, 0.29) is 23.4 Å². The van der Waals surface area contributed by atoms with Crippen LogP contribution in [0.5, 0.6) is 0 Å². The van der Waals surface area contributed by atoms with Crippen LogP contribution in [0.4, 0.5) is 5.69 Å². The molecule has 2 amide bonds. The summed E-state index contributed by atoms with van der Waals surface area (Å²) in [6, 6.07) is 19.9. The fourth-order valence-electron chi connectivity index (χ4n) is 5.23. The molecule has 0 saturated heterocycles. The second-order valence-electron chi connectivity index (χ2n) is 10.7. The lowest BCUT2D eigenvalue weighted by Gasteiger charge is -2.34. The van der Waals surface area contributed by atoms with Gasteiger partial charge in [0.1, 0.15) is 12.6 Å². The molecule has 1 N–H and O–H groups in total. The number of rotatable bonds is 11. The Bertz CT molecular complexity index is 1450. The Morgan fingerprint density at radius 2 is 1.59 bits per heavy atom. The third kappa shape index (κ3) is 7.49. The van der Waals surface area contributed by atoms with Gasteiger partial charge in [-0.1, -0.05) is 73.3 Å². The van der Waals surface area contributed by atoms with E-state index < -0.39 is 28.5 Å². The van der Waals surface area contributed by atoms with E-state index in [1.165, 1.54) is 29.2 Å². The molecule has 3 aromatic rings. The van der Waals surface area contributed by atoms with Crippen LogP contribution in [0.1, 0.15) is 55.7 Å². The minimum absolute atomic E-state index is 0.0201. The smallest absolute Gasteiger partial charge is 0.264 e. The third-order valence-electron chi connectivity index (χ3n) is 7.69. The van der Waals surface area contributed by atoms with E-state index in [9.17, 15) is 18.0 Å². The first-order valence-corrected chi connectivity index (χ1v) is 15.9. The molecule has 0 spiro atoms. The van der Waals surface area contributed by atoms with Crippen molar-refractivity contribution in [2.24, 2.45) is 0 Å². The molecule has 0 aliphatic heterocycles. The molecule has 0 heterocycles. The van der Waals surface area contributed by atoms with Crippen molar-refractivity contribution >= 4 is 39.1 Å². The number of hydrogen-bond acceptors (Lipinski definition) is 4. The highest BCUT2D eigenvalue weighted by Crippen LogP contribution is 2.27. The van der Waals surface area contributed by atoms with Gasteiger partial charge in [0.2, 0.25) is 11.8 Å². The fraction of sp³-hybridized carbons (Fsp3) is 0.375. The number of nitrogens with one attached hydrogen (secondary N) is 1. The van der Waals surface area contributed by atoms with Gasteiger partial charge in [0.05, 0.1) is 10.6 Å². The molecular formula is C32H38ClN3O4S. The molecule has 1 fully saturated rings. The first kappa shape index (κ1) is 30.6. The number of hydrogen-bond donors (Lipinski definition) is 1. The van der Waals surface area contributed by atoms with Crippen LogP contribution in [-0.4, -0.2) is 43.8 Å². The van der Waals surface area contributed by atoms with Gasteiger partial charge in [-0.15, -0.1) is 0 Å². The Labute approximate surface area is 248 Å². The predicted molar refractivity (Wildman–Crippen MR) is 163 cm³/mol. The zero-order chi connectivity index (χ0) is 29.6. The number of sulfonamides is 1. The second-order valence-corrected chi connectivity index (χ2v) is 13.0. The maximum Gasteiger partial charge on any atom is 0.264 e. The van der Waals surface area contributed by atoms with E-state index in [1.54, 1.807) is 24.3 Å². The van der Waals surface area contributed by atoms with Gasteiger partial charge in [-0.05, 0) is 80.6 Å². The molecule has 7 nitrogen and oxygen atoms in total. The molecule has 218 valence electrons. The summed E-state index contributed by atoms with van der Waals surface area (Å²) in [6.45, 7) is 5.46. The van der Waals surface area contributed by atoms with Crippen LogP contribution in [0.25, 0.3) is 0 Å². The number of halogens is 1. The Morgan fingerprint density at radius 1 is 0.951 bits per heavy atom. The first-order chi connectivity index (χ1) is 19.6. The van der Waals surface area contributed by atoms with E-state index in [4.69, 9.17) is 11.6 Å². The SMILES string of the molecule is CCC(C(=O)NC1CCCC1)N(Cc1ccccc1C)C(=O)CN(c1ccc(C)cc1)S(=O)(=O)c1ccc(Cl)cc1. The molecule has 1 saturated carbocycles. The van der Waals surface area contributed by atoms with E-state index in [1.807, 2.05) is 45.0 Å². The van der Waals surface area contributed by atoms with Gasteiger partial charge in [-0.3, -0.25) is 13.9 Å². The average molecular weight is 596 g/mol. The Morgan fingerprint density at radius 3 is 2.20 bits per heavy atom. The zero-order valence-corrected chi connectivity index (χ0v) is 25.4.